The molecular formula is C36H46ClN5. The molecule has 0 bridgehead atoms. The Morgan fingerprint density at radius 3 is 1.74 bits per heavy atom. The van der Waals surface area contributed by atoms with Crippen molar-refractivity contribution in [2.75, 3.05) is 43.4 Å². The second kappa shape index (κ2) is 14.8. The van der Waals surface area contributed by atoms with Gasteiger partial charge in [-0.2, -0.15) is 0 Å². The maximum atomic E-state index is 4.99. The van der Waals surface area contributed by atoms with Gasteiger partial charge in [-0.25, -0.2) is 0 Å². The maximum absolute atomic E-state index is 4.99. The predicted octanol–water partition coefficient (Wildman–Crippen LogP) is 8.14. The van der Waals surface area contributed by atoms with Crippen LogP contribution in [0.25, 0.3) is 21.8 Å². The Morgan fingerprint density at radius 2 is 1.17 bits per heavy atom. The zero-order chi connectivity index (χ0) is 27.9. The molecule has 2 aliphatic carbocycles. The van der Waals surface area contributed by atoms with Gasteiger partial charge in [0, 0.05) is 59.7 Å². The van der Waals surface area contributed by atoms with E-state index in [0.717, 1.165) is 82.3 Å². The van der Waals surface area contributed by atoms with Crippen LogP contribution in [-0.4, -0.2) is 47.6 Å². The molecule has 2 N–H and O–H groups in total. The van der Waals surface area contributed by atoms with Gasteiger partial charge < -0.3 is 10.6 Å². The molecule has 2 aromatic carbocycles. The van der Waals surface area contributed by atoms with Crippen molar-refractivity contribution in [1.82, 2.24) is 14.9 Å². The summed E-state index contributed by atoms with van der Waals surface area (Å²) < 4.78 is 0. The third-order valence-electron chi connectivity index (χ3n) is 8.88. The number of para-hydroxylation sites is 2. The smallest absolute Gasteiger partial charge is 0.0726 e. The molecule has 0 atom stereocenters. The number of nitrogens with one attached hydrogen (secondary N) is 2. The number of aryl methyl sites for hydroxylation is 2. The molecule has 42 heavy (non-hydrogen) atoms. The van der Waals surface area contributed by atoms with E-state index >= 15 is 0 Å². The highest BCUT2D eigenvalue weighted by atomic mass is 35.5. The molecule has 0 spiro atoms. The van der Waals surface area contributed by atoms with Crippen molar-refractivity contribution in [1.29, 1.82) is 0 Å². The molecule has 6 rings (SSSR count). The molecule has 2 aromatic heterocycles. The van der Waals surface area contributed by atoms with Gasteiger partial charge >= 0.3 is 0 Å². The zero-order valence-electron chi connectivity index (χ0n) is 25.0. The largest absolute Gasteiger partial charge is 0.384 e. The number of aromatic nitrogens is 2. The summed E-state index contributed by atoms with van der Waals surface area (Å²) in [5.41, 5.74) is 10.4. The standard InChI is InChI=1S/C36H45N5.ClH/c1-2-24-41(26-13-23-38-36-29-16-5-9-20-33(29)40-34-21-10-6-17-30(34)36)25-12-11-22-37-35-27-14-3-7-18-31(27)39-32-19-8-4-15-28(32)35;/h2-3,5,7,9,14,16,18,20H,1,4,6,8,10-13,15,17,19,21-26H2,(H,37,39)(H,38,40);1H. The minimum atomic E-state index is 0. The highest BCUT2D eigenvalue weighted by Gasteiger charge is 2.19. The molecule has 0 saturated heterocycles. The van der Waals surface area contributed by atoms with Gasteiger partial charge in [-0.15, -0.1) is 19.0 Å². The second-order valence-electron chi connectivity index (χ2n) is 11.8. The molecule has 2 heterocycles. The van der Waals surface area contributed by atoms with Gasteiger partial charge in [0.25, 0.3) is 0 Å². The maximum Gasteiger partial charge on any atom is 0.0726 e. The first kappa shape index (κ1) is 30.3. The molecule has 2 aliphatic rings. The number of hydrogen-bond donors (Lipinski definition) is 2. The van der Waals surface area contributed by atoms with Gasteiger partial charge in [0.15, 0.2) is 0 Å². The van der Waals surface area contributed by atoms with Crippen LogP contribution >= 0.6 is 12.4 Å². The lowest BCUT2D eigenvalue weighted by atomic mass is 9.92. The van der Waals surface area contributed by atoms with Crippen LogP contribution in [0, 0.1) is 0 Å². The van der Waals surface area contributed by atoms with E-state index in [0.29, 0.717) is 0 Å². The van der Waals surface area contributed by atoms with Crippen molar-refractivity contribution in [3.05, 3.63) is 83.7 Å². The summed E-state index contributed by atoms with van der Waals surface area (Å²) in [7, 11) is 0. The number of anilines is 2. The summed E-state index contributed by atoms with van der Waals surface area (Å²) in [5.74, 6) is 0. The van der Waals surface area contributed by atoms with Crippen LogP contribution in [0.4, 0.5) is 11.4 Å². The van der Waals surface area contributed by atoms with Gasteiger partial charge in [-0.3, -0.25) is 14.9 Å². The zero-order valence-corrected chi connectivity index (χ0v) is 25.8. The monoisotopic (exact) mass is 583 g/mol. The first-order valence-corrected chi connectivity index (χ1v) is 15.9. The lowest BCUT2D eigenvalue weighted by Crippen LogP contribution is -2.28. The van der Waals surface area contributed by atoms with Gasteiger partial charge in [-0.1, -0.05) is 42.5 Å². The molecule has 0 aliphatic heterocycles. The van der Waals surface area contributed by atoms with Crippen molar-refractivity contribution in [2.24, 2.45) is 0 Å². The minimum absolute atomic E-state index is 0. The van der Waals surface area contributed by atoms with E-state index in [1.54, 1.807) is 0 Å². The molecule has 0 radical (unpaired) electrons. The molecule has 4 aromatic rings. The van der Waals surface area contributed by atoms with Crippen LogP contribution in [0.3, 0.4) is 0 Å². The molecule has 0 saturated carbocycles. The number of benzene rings is 2. The molecule has 0 amide bonds. The van der Waals surface area contributed by atoms with E-state index in [4.69, 9.17) is 9.97 Å². The Hall–Kier alpha value is -3.15. The first-order valence-electron chi connectivity index (χ1n) is 15.9. The number of fused-ring (bicyclic) bond motifs is 4. The van der Waals surface area contributed by atoms with E-state index in [9.17, 15) is 0 Å². The van der Waals surface area contributed by atoms with Crippen molar-refractivity contribution < 1.29 is 0 Å². The first-order chi connectivity index (χ1) is 20.3. The lowest BCUT2D eigenvalue weighted by molar-refractivity contribution is 0.296. The van der Waals surface area contributed by atoms with Crippen molar-refractivity contribution in [3.63, 3.8) is 0 Å². The van der Waals surface area contributed by atoms with E-state index in [2.05, 4.69) is 70.6 Å². The molecule has 0 unspecified atom stereocenters. The minimum Gasteiger partial charge on any atom is -0.384 e. The number of pyridine rings is 2. The van der Waals surface area contributed by atoms with Crippen LogP contribution in [0.1, 0.15) is 67.5 Å². The normalized spacial score (nSPS) is 14.3. The van der Waals surface area contributed by atoms with E-state index < -0.39 is 0 Å². The summed E-state index contributed by atoms with van der Waals surface area (Å²) in [6.07, 6.45) is 15.1. The number of hydrogen-bond acceptors (Lipinski definition) is 5. The van der Waals surface area contributed by atoms with Crippen LogP contribution < -0.4 is 10.6 Å². The van der Waals surface area contributed by atoms with Crippen LogP contribution in [0.2, 0.25) is 0 Å². The van der Waals surface area contributed by atoms with E-state index in [-0.39, 0.29) is 12.4 Å². The van der Waals surface area contributed by atoms with Crippen molar-refractivity contribution in [3.8, 4) is 0 Å². The van der Waals surface area contributed by atoms with Gasteiger partial charge in [0.1, 0.15) is 0 Å². The Morgan fingerprint density at radius 1 is 0.667 bits per heavy atom. The summed E-state index contributed by atoms with van der Waals surface area (Å²) in [6, 6.07) is 17.2. The summed E-state index contributed by atoms with van der Waals surface area (Å²) in [4.78, 5) is 12.5. The fourth-order valence-electron chi connectivity index (χ4n) is 6.82. The Balaban J connectivity index is 0.00000353. The SMILES string of the molecule is C=CCN(CCCCNc1c2c(nc3ccccc13)CCCC2)CCCNc1c2c(nc3ccccc13)CCCC2.Cl. The molecule has 5 nitrogen and oxygen atoms in total. The lowest BCUT2D eigenvalue weighted by Gasteiger charge is -2.24. The van der Waals surface area contributed by atoms with Gasteiger partial charge in [0.2, 0.25) is 0 Å². The Bertz CT molecular complexity index is 1500. The fourth-order valence-corrected chi connectivity index (χ4v) is 6.82. The van der Waals surface area contributed by atoms with E-state index in [1.165, 1.54) is 76.8 Å². The second-order valence-corrected chi connectivity index (χ2v) is 11.8. The number of nitrogens with zero attached hydrogens (tertiary/aromatic N) is 3. The molecule has 6 heteroatoms. The summed E-state index contributed by atoms with van der Waals surface area (Å²) in [5, 5.41) is 10.2. The summed E-state index contributed by atoms with van der Waals surface area (Å²) in [6.45, 7) is 9.16. The van der Waals surface area contributed by atoms with Crippen LogP contribution in [0.5, 0.6) is 0 Å². The number of rotatable bonds is 13. The predicted molar refractivity (Wildman–Crippen MR) is 181 cm³/mol. The molecular weight excluding hydrogens is 538 g/mol. The highest BCUT2D eigenvalue weighted by molar-refractivity contribution is 5.94. The van der Waals surface area contributed by atoms with Gasteiger partial charge in [-0.05, 0) is 100 Å². The number of halogens is 1. The van der Waals surface area contributed by atoms with Crippen LogP contribution in [-0.2, 0) is 25.7 Å². The Labute approximate surface area is 257 Å². The quantitative estimate of drug-likeness (QED) is 0.123. The topological polar surface area (TPSA) is 53.1 Å². The average Bonchev–Trinajstić information content (AvgIpc) is 3.01. The highest BCUT2D eigenvalue weighted by Crippen LogP contribution is 2.34. The molecule has 222 valence electrons. The van der Waals surface area contributed by atoms with Crippen molar-refractivity contribution >= 4 is 45.6 Å². The fraction of sp³-hybridized carbons (Fsp3) is 0.444. The van der Waals surface area contributed by atoms with Crippen LogP contribution in [0.15, 0.2) is 61.2 Å². The average molecular weight is 584 g/mol. The summed E-state index contributed by atoms with van der Waals surface area (Å²) >= 11 is 0. The van der Waals surface area contributed by atoms with E-state index in [1.807, 2.05) is 6.08 Å². The third kappa shape index (κ3) is 6.90. The third-order valence-corrected chi connectivity index (χ3v) is 8.88. The van der Waals surface area contributed by atoms with Crippen molar-refractivity contribution in [2.45, 2.75) is 70.6 Å². The Kier molecular flexibility index (Phi) is 10.7. The number of unbranched alkanes of at least 4 members (excludes halogenated alkanes) is 1. The van der Waals surface area contributed by atoms with Gasteiger partial charge in [0.05, 0.1) is 11.0 Å². The molecule has 0 fully saturated rings.